The molecule has 0 aliphatic carbocycles. The quantitative estimate of drug-likeness (QED) is 0.352. The summed E-state index contributed by atoms with van der Waals surface area (Å²) in [4.78, 5) is 34.6. The Morgan fingerprint density at radius 2 is 1.74 bits per heavy atom. The van der Waals surface area contributed by atoms with Crippen LogP contribution < -0.4 is 11.1 Å². The number of fused-ring (bicyclic) bond motifs is 1. The molecule has 4 rings (SSSR count). The minimum Gasteiger partial charge on any atom is -0.369 e. The van der Waals surface area contributed by atoms with Crippen molar-refractivity contribution in [2.45, 2.75) is 25.7 Å². The van der Waals surface area contributed by atoms with Crippen molar-refractivity contribution in [2.24, 2.45) is 5.73 Å². The molecular formula is C26H22Cl2N4O2. The molecule has 2 amide bonds. The number of primary amides is 1. The molecule has 2 aromatic carbocycles. The number of aromatic nitrogens is 2. The van der Waals surface area contributed by atoms with Gasteiger partial charge in [-0.3, -0.25) is 19.6 Å². The van der Waals surface area contributed by atoms with E-state index in [4.69, 9.17) is 28.9 Å². The van der Waals surface area contributed by atoms with E-state index in [1.165, 1.54) is 0 Å². The van der Waals surface area contributed by atoms with Gasteiger partial charge in [-0.15, -0.1) is 0 Å². The van der Waals surface area contributed by atoms with E-state index in [9.17, 15) is 9.59 Å². The molecule has 0 spiro atoms. The van der Waals surface area contributed by atoms with Gasteiger partial charge in [0.1, 0.15) is 0 Å². The van der Waals surface area contributed by atoms with Gasteiger partial charge in [-0.05, 0) is 47.9 Å². The van der Waals surface area contributed by atoms with Crippen LogP contribution in [-0.2, 0) is 17.6 Å². The lowest BCUT2D eigenvalue weighted by atomic mass is 9.86. The number of benzene rings is 2. The standard InChI is InChI=1S/C26H22Cl2N4O2/c1-2-15-14-31-24-17(22(15)18(25(29)33)13-16-7-3-4-12-30-16)8-5-11-21(24)32-26(34)23-19(27)9-6-10-20(23)28/h3-12,14,18H,2,13H2,1H3,(H2,29,33)(H,32,34). The lowest BCUT2D eigenvalue weighted by Crippen LogP contribution is -2.25. The Kier molecular flexibility index (Phi) is 7.10. The molecule has 2 aromatic heterocycles. The minimum absolute atomic E-state index is 0.179. The Labute approximate surface area is 207 Å². The van der Waals surface area contributed by atoms with Crippen LogP contribution in [0.5, 0.6) is 0 Å². The molecule has 4 aromatic rings. The summed E-state index contributed by atoms with van der Waals surface area (Å²) in [7, 11) is 0. The Bertz CT molecular complexity index is 1360. The van der Waals surface area contributed by atoms with Gasteiger partial charge in [0, 0.05) is 29.9 Å². The first-order chi connectivity index (χ1) is 16.4. The van der Waals surface area contributed by atoms with E-state index in [0.717, 1.165) is 22.2 Å². The van der Waals surface area contributed by atoms with Gasteiger partial charge < -0.3 is 11.1 Å². The summed E-state index contributed by atoms with van der Waals surface area (Å²) in [5.74, 6) is -1.52. The zero-order chi connectivity index (χ0) is 24.2. The predicted molar refractivity (Wildman–Crippen MR) is 135 cm³/mol. The number of pyridine rings is 2. The first-order valence-electron chi connectivity index (χ1n) is 10.8. The number of nitrogens with two attached hydrogens (primary N) is 1. The molecule has 3 N–H and O–H groups in total. The highest BCUT2D eigenvalue weighted by Crippen LogP contribution is 2.34. The molecule has 34 heavy (non-hydrogen) atoms. The maximum atomic E-state index is 13.0. The SMILES string of the molecule is CCc1cnc2c(NC(=O)c3c(Cl)cccc3Cl)cccc2c1C(Cc1ccccn1)C(N)=O. The highest BCUT2D eigenvalue weighted by Gasteiger charge is 2.25. The van der Waals surface area contributed by atoms with Gasteiger partial charge in [0.15, 0.2) is 0 Å². The van der Waals surface area contributed by atoms with Gasteiger partial charge in [0.25, 0.3) is 5.91 Å². The van der Waals surface area contributed by atoms with E-state index in [1.807, 2.05) is 31.2 Å². The van der Waals surface area contributed by atoms with E-state index in [-0.39, 0.29) is 15.6 Å². The van der Waals surface area contributed by atoms with Crippen LogP contribution in [0.25, 0.3) is 10.9 Å². The van der Waals surface area contributed by atoms with Crippen molar-refractivity contribution in [3.05, 3.63) is 99.4 Å². The number of carbonyl (C=O) groups excluding carboxylic acids is 2. The van der Waals surface area contributed by atoms with Crippen molar-refractivity contribution >= 4 is 51.6 Å². The Morgan fingerprint density at radius 1 is 1.00 bits per heavy atom. The van der Waals surface area contributed by atoms with Crippen molar-refractivity contribution in [2.75, 3.05) is 5.32 Å². The largest absolute Gasteiger partial charge is 0.369 e. The number of nitrogens with one attached hydrogen (secondary N) is 1. The van der Waals surface area contributed by atoms with E-state index < -0.39 is 17.7 Å². The fourth-order valence-corrected chi connectivity index (χ4v) is 4.62. The van der Waals surface area contributed by atoms with E-state index in [1.54, 1.807) is 42.7 Å². The van der Waals surface area contributed by atoms with Gasteiger partial charge in [0.05, 0.1) is 32.7 Å². The van der Waals surface area contributed by atoms with Crippen LogP contribution in [-0.4, -0.2) is 21.8 Å². The zero-order valence-electron chi connectivity index (χ0n) is 18.4. The minimum atomic E-state index is -0.612. The van der Waals surface area contributed by atoms with Gasteiger partial charge in [-0.1, -0.05) is 54.4 Å². The highest BCUT2D eigenvalue weighted by molar-refractivity contribution is 6.40. The van der Waals surface area contributed by atoms with Crippen LogP contribution in [0.3, 0.4) is 0 Å². The Hall–Kier alpha value is -3.48. The molecule has 0 saturated carbocycles. The molecule has 1 atom stereocenters. The summed E-state index contributed by atoms with van der Waals surface area (Å²) < 4.78 is 0. The summed E-state index contributed by atoms with van der Waals surface area (Å²) in [5, 5.41) is 4.10. The van der Waals surface area contributed by atoms with Gasteiger partial charge >= 0.3 is 0 Å². The number of halogens is 2. The van der Waals surface area contributed by atoms with Crippen molar-refractivity contribution < 1.29 is 9.59 Å². The third kappa shape index (κ3) is 4.74. The average molecular weight is 493 g/mol. The van der Waals surface area contributed by atoms with Crippen LogP contribution >= 0.6 is 23.2 Å². The van der Waals surface area contributed by atoms with E-state index in [0.29, 0.717) is 24.0 Å². The van der Waals surface area contributed by atoms with Crippen molar-refractivity contribution in [3.8, 4) is 0 Å². The van der Waals surface area contributed by atoms with E-state index in [2.05, 4.69) is 15.3 Å². The Balaban J connectivity index is 1.81. The fourth-order valence-electron chi connectivity index (χ4n) is 4.05. The fraction of sp³-hybridized carbons (Fsp3) is 0.154. The average Bonchev–Trinajstić information content (AvgIpc) is 2.82. The zero-order valence-corrected chi connectivity index (χ0v) is 19.9. The monoisotopic (exact) mass is 492 g/mol. The number of aryl methyl sites for hydroxylation is 1. The summed E-state index contributed by atoms with van der Waals surface area (Å²) >= 11 is 12.4. The number of para-hydroxylation sites is 1. The molecule has 2 heterocycles. The summed E-state index contributed by atoms with van der Waals surface area (Å²) in [6.07, 6.45) is 4.43. The maximum absolute atomic E-state index is 13.0. The molecule has 1 unspecified atom stereocenters. The van der Waals surface area contributed by atoms with Crippen molar-refractivity contribution in [1.82, 2.24) is 9.97 Å². The lowest BCUT2D eigenvalue weighted by molar-refractivity contribution is -0.119. The van der Waals surface area contributed by atoms with Crippen LogP contribution in [0.15, 0.2) is 67.0 Å². The molecule has 6 nitrogen and oxygen atoms in total. The van der Waals surface area contributed by atoms with Crippen molar-refractivity contribution in [3.63, 3.8) is 0 Å². The molecule has 0 fully saturated rings. The second-order valence-corrected chi connectivity index (χ2v) is 8.60. The third-order valence-electron chi connectivity index (χ3n) is 5.67. The number of carbonyl (C=O) groups is 2. The number of hydrogen-bond donors (Lipinski definition) is 2. The maximum Gasteiger partial charge on any atom is 0.258 e. The molecular weight excluding hydrogens is 471 g/mol. The van der Waals surface area contributed by atoms with Crippen LogP contribution in [0.1, 0.15) is 40.0 Å². The van der Waals surface area contributed by atoms with Crippen molar-refractivity contribution in [1.29, 1.82) is 0 Å². The first-order valence-corrected chi connectivity index (χ1v) is 11.5. The number of amides is 2. The summed E-state index contributed by atoms with van der Waals surface area (Å²) in [5.41, 5.74) is 9.52. The topological polar surface area (TPSA) is 98.0 Å². The molecule has 0 bridgehead atoms. The normalized spacial score (nSPS) is 11.9. The molecule has 0 aliphatic heterocycles. The van der Waals surface area contributed by atoms with Gasteiger partial charge in [-0.25, -0.2) is 0 Å². The molecule has 0 radical (unpaired) electrons. The van der Waals surface area contributed by atoms with Crippen LogP contribution in [0.2, 0.25) is 10.0 Å². The Morgan fingerprint density at radius 3 is 2.38 bits per heavy atom. The summed E-state index contributed by atoms with van der Waals surface area (Å²) in [6.45, 7) is 2.00. The number of anilines is 1. The predicted octanol–water partition coefficient (Wildman–Crippen LogP) is 5.56. The molecule has 0 aliphatic rings. The lowest BCUT2D eigenvalue weighted by Gasteiger charge is -2.20. The smallest absolute Gasteiger partial charge is 0.258 e. The highest BCUT2D eigenvalue weighted by atomic mass is 35.5. The van der Waals surface area contributed by atoms with E-state index >= 15 is 0 Å². The molecule has 0 saturated heterocycles. The summed E-state index contributed by atoms with van der Waals surface area (Å²) in [6, 6.07) is 15.9. The second kappa shape index (κ2) is 10.2. The number of nitrogens with zero attached hydrogens (tertiary/aromatic N) is 2. The number of hydrogen-bond acceptors (Lipinski definition) is 4. The second-order valence-electron chi connectivity index (χ2n) is 7.78. The van der Waals surface area contributed by atoms with Gasteiger partial charge in [0.2, 0.25) is 5.91 Å². The third-order valence-corrected chi connectivity index (χ3v) is 6.30. The first kappa shape index (κ1) is 23.7. The number of rotatable bonds is 7. The molecule has 172 valence electrons. The van der Waals surface area contributed by atoms with Gasteiger partial charge in [-0.2, -0.15) is 0 Å². The molecule has 8 heteroatoms. The van der Waals surface area contributed by atoms with Crippen LogP contribution in [0, 0.1) is 0 Å². The van der Waals surface area contributed by atoms with Crippen LogP contribution in [0.4, 0.5) is 5.69 Å².